The molecule has 0 bridgehead atoms. The molecule has 1 N–H and O–H groups in total. The Morgan fingerprint density at radius 1 is 1.19 bits per heavy atom. The molecule has 0 radical (unpaired) electrons. The first-order chi connectivity index (χ1) is 12.5. The van der Waals surface area contributed by atoms with Gasteiger partial charge in [-0.2, -0.15) is 4.31 Å². The maximum atomic E-state index is 13.2. The summed E-state index contributed by atoms with van der Waals surface area (Å²) in [5.41, 5.74) is 3.18. The second kappa shape index (κ2) is 6.45. The van der Waals surface area contributed by atoms with Crippen molar-refractivity contribution >= 4 is 20.9 Å². The molecule has 4 rings (SSSR count). The first-order valence-electron chi connectivity index (χ1n) is 8.71. The van der Waals surface area contributed by atoms with E-state index in [4.69, 9.17) is 4.74 Å². The Labute approximate surface area is 153 Å². The van der Waals surface area contributed by atoms with Gasteiger partial charge in [-0.05, 0) is 42.7 Å². The molecule has 2 heterocycles. The van der Waals surface area contributed by atoms with Crippen LogP contribution in [0.25, 0.3) is 10.9 Å². The van der Waals surface area contributed by atoms with Gasteiger partial charge in [-0.1, -0.05) is 24.3 Å². The van der Waals surface area contributed by atoms with Crippen LogP contribution in [0.5, 0.6) is 5.75 Å². The van der Waals surface area contributed by atoms with Crippen LogP contribution >= 0.6 is 0 Å². The Hall–Kier alpha value is -2.31. The Bertz CT molecular complexity index is 1060. The van der Waals surface area contributed by atoms with Gasteiger partial charge in [0.2, 0.25) is 10.0 Å². The Kier molecular flexibility index (Phi) is 4.25. The molecule has 26 heavy (non-hydrogen) atoms. The number of benzene rings is 2. The lowest BCUT2D eigenvalue weighted by Gasteiger charge is -2.19. The van der Waals surface area contributed by atoms with Gasteiger partial charge < -0.3 is 9.72 Å². The van der Waals surface area contributed by atoms with Crippen LogP contribution in [0.4, 0.5) is 0 Å². The zero-order chi connectivity index (χ0) is 18.3. The third-order valence-electron chi connectivity index (χ3n) is 5.15. The minimum absolute atomic E-state index is 0.191. The number of H-pyrrole nitrogens is 1. The molecule has 1 unspecified atom stereocenters. The van der Waals surface area contributed by atoms with Gasteiger partial charge >= 0.3 is 0 Å². The van der Waals surface area contributed by atoms with Crippen LogP contribution < -0.4 is 4.74 Å². The monoisotopic (exact) mass is 370 g/mol. The number of ether oxygens (including phenoxy) is 1. The van der Waals surface area contributed by atoms with E-state index < -0.39 is 10.0 Å². The van der Waals surface area contributed by atoms with E-state index in [1.54, 1.807) is 16.4 Å². The van der Waals surface area contributed by atoms with Crippen molar-refractivity contribution in [1.82, 2.24) is 9.29 Å². The van der Waals surface area contributed by atoms with E-state index in [0.717, 1.165) is 17.5 Å². The zero-order valence-electron chi connectivity index (χ0n) is 14.9. The maximum absolute atomic E-state index is 13.2. The number of methoxy groups -OCH3 is 1. The van der Waals surface area contributed by atoms with Crippen molar-refractivity contribution in [2.24, 2.45) is 0 Å². The van der Waals surface area contributed by atoms with Crippen molar-refractivity contribution in [1.29, 1.82) is 0 Å². The molecule has 6 heteroatoms. The first-order valence-corrected chi connectivity index (χ1v) is 10.2. The fourth-order valence-corrected chi connectivity index (χ4v) is 5.50. The van der Waals surface area contributed by atoms with Gasteiger partial charge in [-0.15, -0.1) is 0 Å². The fourth-order valence-electron chi connectivity index (χ4n) is 3.76. The highest BCUT2D eigenvalue weighted by Crippen LogP contribution is 2.36. The number of hydrogen-bond donors (Lipinski definition) is 1. The van der Waals surface area contributed by atoms with Crippen molar-refractivity contribution in [3.05, 3.63) is 59.8 Å². The minimum Gasteiger partial charge on any atom is -0.495 e. The van der Waals surface area contributed by atoms with Gasteiger partial charge in [-0.25, -0.2) is 8.42 Å². The number of sulfonamides is 1. The number of para-hydroxylation sites is 1. The van der Waals surface area contributed by atoms with E-state index in [9.17, 15) is 8.42 Å². The summed E-state index contributed by atoms with van der Waals surface area (Å²) in [7, 11) is -2.08. The number of aryl methyl sites for hydroxylation is 1. The summed E-state index contributed by atoms with van der Waals surface area (Å²) >= 11 is 0. The minimum atomic E-state index is -3.58. The summed E-state index contributed by atoms with van der Waals surface area (Å²) in [5, 5.41) is 1.17. The highest BCUT2D eigenvalue weighted by molar-refractivity contribution is 7.89. The van der Waals surface area contributed by atoms with Crippen LogP contribution in [-0.2, 0) is 10.0 Å². The third-order valence-corrected chi connectivity index (χ3v) is 7.04. The van der Waals surface area contributed by atoms with Crippen molar-refractivity contribution in [2.75, 3.05) is 20.2 Å². The first kappa shape index (κ1) is 17.1. The molecule has 136 valence electrons. The SMILES string of the molecule is COc1ccc(C)cc1S(=O)(=O)N1CCC(c2c[nH]c3ccccc23)C1. The Balaban J connectivity index is 1.65. The number of nitrogens with one attached hydrogen (secondary N) is 1. The van der Waals surface area contributed by atoms with Crippen LogP contribution in [0.15, 0.2) is 53.6 Å². The normalized spacial score (nSPS) is 18.5. The van der Waals surface area contributed by atoms with Gasteiger partial charge in [0.15, 0.2) is 0 Å². The van der Waals surface area contributed by atoms with Crippen LogP contribution in [0.3, 0.4) is 0 Å². The molecule has 0 spiro atoms. The van der Waals surface area contributed by atoms with Gasteiger partial charge in [0.05, 0.1) is 7.11 Å². The second-order valence-electron chi connectivity index (χ2n) is 6.79. The summed E-state index contributed by atoms with van der Waals surface area (Å²) < 4.78 is 33.2. The smallest absolute Gasteiger partial charge is 0.246 e. The van der Waals surface area contributed by atoms with Gasteiger partial charge in [0.25, 0.3) is 0 Å². The van der Waals surface area contributed by atoms with E-state index in [1.807, 2.05) is 37.4 Å². The van der Waals surface area contributed by atoms with E-state index in [-0.39, 0.29) is 10.8 Å². The van der Waals surface area contributed by atoms with Crippen LogP contribution in [0.2, 0.25) is 0 Å². The van der Waals surface area contributed by atoms with E-state index in [2.05, 4.69) is 11.1 Å². The fraction of sp³-hybridized carbons (Fsp3) is 0.300. The molecule has 1 atom stereocenters. The molecule has 1 saturated heterocycles. The summed E-state index contributed by atoms with van der Waals surface area (Å²) in [6, 6.07) is 13.4. The van der Waals surface area contributed by atoms with Crippen LogP contribution in [0.1, 0.15) is 23.5 Å². The number of rotatable bonds is 4. The van der Waals surface area contributed by atoms with Gasteiger partial charge in [0, 0.05) is 36.1 Å². The lowest BCUT2D eigenvalue weighted by atomic mass is 9.98. The number of nitrogens with zero attached hydrogens (tertiary/aromatic N) is 1. The molecular formula is C20H22N2O3S. The quantitative estimate of drug-likeness (QED) is 0.762. The Morgan fingerprint density at radius 2 is 2.00 bits per heavy atom. The predicted molar refractivity (Wildman–Crippen MR) is 102 cm³/mol. The summed E-state index contributed by atoms with van der Waals surface area (Å²) in [4.78, 5) is 3.54. The highest BCUT2D eigenvalue weighted by Gasteiger charge is 2.35. The standard InChI is InChI=1S/C20H22N2O3S/c1-14-7-8-19(25-2)20(11-14)26(23,24)22-10-9-15(13-22)17-12-21-18-6-4-3-5-16(17)18/h3-8,11-12,15,21H,9-10,13H2,1-2H3. The molecule has 1 aromatic heterocycles. The number of aromatic amines is 1. The maximum Gasteiger partial charge on any atom is 0.246 e. The van der Waals surface area contributed by atoms with Crippen molar-refractivity contribution < 1.29 is 13.2 Å². The summed E-state index contributed by atoms with van der Waals surface area (Å²) in [5.74, 6) is 0.586. The Morgan fingerprint density at radius 3 is 2.81 bits per heavy atom. The lowest BCUT2D eigenvalue weighted by molar-refractivity contribution is 0.398. The largest absolute Gasteiger partial charge is 0.495 e. The third kappa shape index (κ3) is 2.79. The number of hydrogen-bond acceptors (Lipinski definition) is 3. The van der Waals surface area contributed by atoms with E-state index in [0.29, 0.717) is 18.8 Å². The molecule has 1 fully saturated rings. The molecule has 2 aromatic carbocycles. The average Bonchev–Trinajstić information content (AvgIpc) is 3.28. The van der Waals surface area contributed by atoms with Crippen molar-refractivity contribution in [3.63, 3.8) is 0 Å². The van der Waals surface area contributed by atoms with E-state index in [1.165, 1.54) is 18.1 Å². The molecule has 0 aliphatic carbocycles. The second-order valence-corrected chi connectivity index (χ2v) is 8.70. The lowest BCUT2D eigenvalue weighted by Crippen LogP contribution is -2.29. The van der Waals surface area contributed by atoms with E-state index >= 15 is 0 Å². The zero-order valence-corrected chi connectivity index (χ0v) is 15.7. The molecular weight excluding hydrogens is 348 g/mol. The molecule has 5 nitrogen and oxygen atoms in total. The molecule has 1 aliphatic heterocycles. The van der Waals surface area contributed by atoms with Crippen molar-refractivity contribution in [3.8, 4) is 5.75 Å². The van der Waals surface area contributed by atoms with Gasteiger partial charge in [-0.3, -0.25) is 0 Å². The molecule has 1 aliphatic rings. The molecule has 3 aromatic rings. The van der Waals surface area contributed by atoms with Crippen molar-refractivity contribution in [2.45, 2.75) is 24.2 Å². The summed E-state index contributed by atoms with van der Waals surface area (Å²) in [6.07, 6.45) is 2.83. The van der Waals surface area contributed by atoms with Crippen LogP contribution in [-0.4, -0.2) is 37.9 Å². The topological polar surface area (TPSA) is 62.4 Å². The number of fused-ring (bicyclic) bond motifs is 1. The predicted octanol–water partition coefficient (Wildman–Crippen LogP) is 3.66. The number of aromatic nitrogens is 1. The highest BCUT2D eigenvalue weighted by atomic mass is 32.2. The molecule has 0 amide bonds. The van der Waals surface area contributed by atoms with Crippen LogP contribution in [0, 0.1) is 6.92 Å². The summed E-state index contributed by atoms with van der Waals surface area (Å²) in [6.45, 7) is 2.89. The van der Waals surface area contributed by atoms with Gasteiger partial charge in [0.1, 0.15) is 10.6 Å². The average molecular weight is 370 g/mol. The molecule has 0 saturated carbocycles.